The number of rotatable bonds is 5. The first kappa shape index (κ1) is 17.5. The molecule has 1 aromatic rings. The van der Waals surface area contributed by atoms with Crippen molar-refractivity contribution in [3.8, 4) is 0 Å². The first-order chi connectivity index (χ1) is 10.3. The molecule has 0 aliphatic carbocycles. The Morgan fingerprint density at radius 2 is 1.68 bits per heavy atom. The van der Waals surface area contributed by atoms with Gasteiger partial charge in [-0.25, -0.2) is 4.79 Å². The topological polar surface area (TPSA) is 113 Å². The molecule has 1 atom stereocenters. The molecule has 0 aromatic heterocycles. The van der Waals surface area contributed by atoms with E-state index < -0.39 is 23.9 Å². The highest BCUT2D eigenvalue weighted by atomic mass is 16.2. The number of carbonyl (C=O) groups is 3. The molecule has 0 aliphatic rings. The summed E-state index contributed by atoms with van der Waals surface area (Å²) in [5, 5.41) is 2.33. The van der Waals surface area contributed by atoms with Crippen molar-refractivity contribution < 1.29 is 14.4 Å². The van der Waals surface area contributed by atoms with E-state index in [0.29, 0.717) is 5.56 Å². The number of urea groups is 1. The zero-order valence-electron chi connectivity index (χ0n) is 13.0. The van der Waals surface area contributed by atoms with Crippen LogP contribution in [0.15, 0.2) is 24.3 Å². The summed E-state index contributed by atoms with van der Waals surface area (Å²) in [4.78, 5) is 34.8. The number of amides is 4. The van der Waals surface area contributed by atoms with Crippen LogP contribution in [-0.4, -0.2) is 23.9 Å². The molecule has 1 rings (SSSR count). The third-order valence-corrected chi connectivity index (χ3v) is 3.17. The van der Waals surface area contributed by atoms with Crippen LogP contribution in [0.5, 0.6) is 0 Å². The number of hydrazine groups is 1. The second kappa shape index (κ2) is 8.02. The minimum absolute atomic E-state index is 0.173. The molecule has 0 unspecified atom stereocenters. The molecule has 0 heterocycles. The number of nitrogens with one attached hydrogen (secondary N) is 3. The fourth-order valence-corrected chi connectivity index (χ4v) is 1.85. The van der Waals surface area contributed by atoms with Gasteiger partial charge in [0.05, 0.1) is 0 Å². The third kappa shape index (κ3) is 5.08. The van der Waals surface area contributed by atoms with Gasteiger partial charge in [-0.05, 0) is 30.0 Å². The van der Waals surface area contributed by atoms with Gasteiger partial charge in [0, 0.05) is 5.56 Å². The predicted molar refractivity (Wildman–Crippen MR) is 82.8 cm³/mol. The zero-order valence-corrected chi connectivity index (χ0v) is 13.0. The van der Waals surface area contributed by atoms with Gasteiger partial charge in [-0.2, -0.15) is 0 Å². The average molecular weight is 306 g/mol. The Morgan fingerprint density at radius 1 is 1.09 bits per heavy atom. The lowest BCUT2D eigenvalue weighted by Crippen LogP contribution is -2.55. The van der Waals surface area contributed by atoms with Gasteiger partial charge in [0.25, 0.3) is 11.8 Å². The molecule has 0 spiro atoms. The van der Waals surface area contributed by atoms with Crippen LogP contribution in [0, 0.1) is 5.92 Å². The Hall–Kier alpha value is -2.57. The molecular weight excluding hydrogens is 284 g/mol. The Morgan fingerprint density at radius 3 is 2.14 bits per heavy atom. The summed E-state index contributed by atoms with van der Waals surface area (Å²) in [6.07, 6.45) is 0.882. The molecule has 5 N–H and O–H groups in total. The Bertz CT molecular complexity index is 540. The molecule has 0 fully saturated rings. The maximum absolute atomic E-state index is 12.0. The fourth-order valence-electron chi connectivity index (χ4n) is 1.85. The molecule has 1 aromatic carbocycles. The number of carbonyl (C=O) groups excluding carboxylic acids is 3. The van der Waals surface area contributed by atoms with Gasteiger partial charge in [-0.15, -0.1) is 0 Å². The highest BCUT2D eigenvalue weighted by Crippen LogP contribution is 2.05. The number of benzene rings is 1. The van der Waals surface area contributed by atoms with E-state index in [2.05, 4.69) is 16.2 Å². The SMILES string of the molecule is CCc1ccc(C(=O)NNC(=O)[C@@H](NC(N)=O)C(C)C)cc1. The lowest BCUT2D eigenvalue weighted by Gasteiger charge is -2.20. The molecule has 0 saturated carbocycles. The highest BCUT2D eigenvalue weighted by molar-refractivity contribution is 5.96. The third-order valence-electron chi connectivity index (χ3n) is 3.17. The van der Waals surface area contributed by atoms with Gasteiger partial charge in [0.2, 0.25) is 0 Å². The van der Waals surface area contributed by atoms with E-state index in [1.54, 1.807) is 26.0 Å². The van der Waals surface area contributed by atoms with E-state index in [1.807, 2.05) is 19.1 Å². The largest absolute Gasteiger partial charge is 0.352 e. The van der Waals surface area contributed by atoms with Gasteiger partial charge in [0.1, 0.15) is 6.04 Å². The van der Waals surface area contributed by atoms with E-state index in [1.165, 1.54) is 0 Å². The zero-order chi connectivity index (χ0) is 16.7. The predicted octanol–water partition coefficient (Wildman–Crippen LogP) is 0.703. The lowest BCUT2D eigenvalue weighted by molar-refractivity contribution is -0.124. The molecule has 0 aliphatic heterocycles. The molecule has 0 saturated heterocycles. The highest BCUT2D eigenvalue weighted by Gasteiger charge is 2.23. The van der Waals surface area contributed by atoms with Crippen LogP contribution in [0.3, 0.4) is 0 Å². The standard InChI is InChI=1S/C15H22N4O3/c1-4-10-5-7-11(8-6-10)13(20)18-19-14(21)12(9(2)3)17-15(16)22/h5-9,12H,4H2,1-3H3,(H,18,20)(H,19,21)(H3,16,17,22)/t12-/m0/s1. The summed E-state index contributed by atoms with van der Waals surface area (Å²) >= 11 is 0. The van der Waals surface area contributed by atoms with Gasteiger partial charge in [0.15, 0.2) is 0 Å². The first-order valence-electron chi connectivity index (χ1n) is 7.10. The minimum Gasteiger partial charge on any atom is -0.352 e. The smallest absolute Gasteiger partial charge is 0.312 e. The van der Waals surface area contributed by atoms with Crippen molar-refractivity contribution in [2.24, 2.45) is 11.7 Å². The van der Waals surface area contributed by atoms with E-state index >= 15 is 0 Å². The van der Waals surface area contributed by atoms with E-state index in [-0.39, 0.29) is 5.92 Å². The maximum atomic E-state index is 12.0. The molecule has 7 heteroatoms. The molecule has 0 radical (unpaired) electrons. The number of hydrogen-bond donors (Lipinski definition) is 4. The van der Waals surface area contributed by atoms with Crippen molar-refractivity contribution >= 4 is 17.8 Å². The lowest BCUT2D eigenvalue weighted by atomic mass is 10.0. The van der Waals surface area contributed by atoms with Crippen molar-refractivity contribution in [1.82, 2.24) is 16.2 Å². The van der Waals surface area contributed by atoms with Crippen molar-refractivity contribution in [2.75, 3.05) is 0 Å². The number of primary amides is 1. The summed E-state index contributed by atoms with van der Waals surface area (Å²) in [5.74, 6) is -1.14. The number of hydrogen-bond acceptors (Lipinski definition) is 3. The van der Waals surface area contributed by atoms with Crippen LogP contribution in [-0.2, 0) is 11.2 Å². The Labute approximate surface area is 129 Å². The second-order valence-electron chi connectivity index (χ2n) is 5.22. The quantitative estimate of drug-likeness (QED) is 0.600. The van der Waals surface area contributed by atoms with E-state index in [0.717, 1.165) is 12.0 Å². The van der Waals surface area contributed by atoms with Gasteiger partial charge >= 0.3 is 6.03 Å². The van der Waals surface area contributed by atoms with Crippen LogP contribution in [0.25, 0.3) is 0 Å². The minimum atomic E-state index is -0.819. The van der Waals surface area contributed by atoms with Crippen LogP contribution in [0.4, 0.5) is 4.79 Å². The summed E-state index contributed by atoms with van der Waals surface area (Å²) in [6, 6.07) is 5.45. The molecule has 7 nitrogen and oxygen atoms in total. The van der Waals surface area contributed by atoms with Crippen LogP contribution >= 0.6 is 0 Å². The Balaban J connectivity index is 2.60. The van der Waals surface area contributed by atoms with Crippen molar-refractivity contribution in [3.05, 3.63) is 35.4 Å². The molecule has 4 amide bonds. The fraction of sp³-hybridized carbons (Fsp3) is 0.400. The van der Waals surface area contributed by atoms with Crippen molar-refractivity contribution in [1.29, 1.82) is 0 Å². The monoisotopic (exact) mass is 306 g/mol. The van der Waals surface area contributed by atoms with E-state index in [9.17, 15) is 14.4 Å². The molecule has 0 bridgehead atoms. The van der Waals surface area contributed by atoms with Crippen LogP contribution in [0.2, 0.25) is 0 Å². The van der Waals surface area contributed by atoms with Crippen LogP contribution < -0.4 is 21.9 Å². The van der Waals surface area contributed by atoms with Gasteiger partial charge in [-0.3, -0.25) is 20.4 Å². The van der Waals surface area contributed by atoms with Gasteiger partial charge in [-0.1, -0.05) is 32.9 Å². The summed E-state index contributed by atoms with van der Waals surface area (Å²) < 4.78 is 0. The second-order valence-corrected chi connectivity index (χ2v) is 5.22. The van der Waals surface area contributed by atoms with Crippen molar-refractivity contribution in [3.63, 3.8) is 0 Å². The first-order valence-corrected chi connectivity index (χ1v) is 7.10. The average Bonchev–Trinajstić information content (AvgIpc) is 2.49. The Kier molecular flexibility index (Phi) is 6.37. The summed E-state index contributed by atoms with van der Waals surface area (Å²) in [6.45, 7) is 5.53. The molecular formula is C15H22N4O3. The summed E-state index contributed by atoms with van der Waals surface area (Å²) in [5.41, 5.74) is 11.2. The molecule has 22 heavy (non-hydrogen) atoms. The maximum Gasteiger partial charge on any atom is 0.312 e. The van der Waals surface area contributed by atoms with Crippen LogP contribution in [0.1, 0.15) is 36.7 Å². The summed E-state index contributed by atoms with van der Waals surface area (Å²) in [7, 11) is 0. The van der Waals surface area contributed by atoms with E-state index in [4.69, 9.17) is 5.73 Å². The molecule has 120 valence electrons. The number of aryl methyl sites for hydroxylation is 1. The van der Waals surface area contributed by atoms with Crippen molar-refractivity contribution in [2.45, 2.75) is 33.2 Å². The normalized spacial score (nSPS) is 11.6. The number of nitrogens with two attached hydrogens (primary N) is 1. The van der Waals surface area contributed by atoms with Gasteiger partial charge < -0.3 is 11.1 Å².